The topological polar surface area (TPSA) is 100 Å². The third-order valence-electron chi connectivity index (χ3n) is 1.95. The maximum Gasteiger partial charge on any atom is 0.347 e. The summed E-state index contributed by atoms with van der Waals surface area (Å²) in [5.41, 5.74) is 0.524. The van der Waals surface area contributed by atoms with Crippen molar-refractivity contribution in [3.8, 4) is 10.7 Å². The zero-order chi connectivity index (χ0) is 12.4. The molecular formula is C10H6N2O4S. The average molecular weight is 250 g/mol. The van der Waals surface area contributed by atoms with E-state index < -0.39 is 11.9 Å². The number of aromatic carboxylic acids is 2. The van der Waals surface area contributed by atoms with Crippen molar-refractivity contribution in [1.82, 2.24) is 9.97 Å². The molecule has 2 aromatic rings. The lowest BCUT2D eigenvalue weighted by Gasteiger charge is -1.96. The normalized spacial score (nSPS) is 10.1. The first-order valence-electron chi connectivity index (χ1n) is 4.47. The van der Waals surface area contributed by atoms with Crippen molar-refractivity contribution < 1.29 is 19.8 Å². The summed E-state index contributed by atoms with van der Waals surface area (Å²) in [4.78, 5) is 29.2. The van der Waals surface area contributed by atoms with Gasteiger partial charge in [-0.3, -0.25) is 4.98 Å². The summed E-state index contributed by atoms with van der Waals surface area (Å²) in [6.07, 6.45) is 2.45. The van der Waals surface area contributed by atoms with Crippen LogP contribution in [0.5, 0.6) is 0 Å². The summed E-state index contributed by atoms with van der Waals surface area (Å²) in [7, 11) is 0. The molecule has 86 valence electrons. The van der Waals surface area contributed by atoms with Crippen LogP contribution in [0.15, 0.2) is 24.5 Å². The van der Waals surface area contributed by atoms with Crippen LogP contribution in [0.1, 0.15) is 20.0 Å². The standard InChI is InChI=1S/C10H6N2O4S/c13-9(14)5-1-2-6(11-3-5)8-12-4-7(17-8)10(15)16/h1-4H,(H,13,14)(H,15,16). The predicted molar refractivity (Wildman–Crippen MR) is 59.3 cm³/mol. The number of hydrogen-bond donors (Lipinski definition) is 2. The van der Waals surface area contributed by atoms with Gasteiger partial charge in [0.25, 0.3) is 0 Å². The van der Waals surface area contributed by atoms with Gasteiger partial charge >= 0.3 is 11.9 Å². The molecule has 0 bridgehead atoms. The summed E-state index contributed by atoms with van der Waals surface area (Å²) < 4.78 is 0. The van der Waals surface area contributed by atoms with Gasteiger partial charge in [-0.25, -0.2) is 14.6 Å². The number of rotatable bonds is 3. The Morgan fingerprint density at radius 3 is 2.29 bits per heavy atom. The number of carboxylic acids is 2. The fourth-order valence-electron chi connectivity index (χ4n) is 1.14. The highest BCUT2D eigenvalue weighted by Gasteiger charge is 2.11. The van der Waals surface area contributed by atoms with Crippen LogP contribution in [-0.2, 0) is 0 Å². The number of pyridine rings is 1. The van der Waals surface area contributed by atoms with Crippen molar-refractivity contribution in [2.24, 2.45) is 0 Å². The highest BCUT2D eigenvalue weighted by atomic mass is 32.1. The number of aromatic nitrogens is 2. The van der Waals surface area contributed by atoms with Gasteiger partial charge in [-0.05, 0) is 12.1 Å². The molecule has 0 aromatic carbocycles. The molecule has 0 spiro atoms. The zero-order valence-electron chi connectivity index (χ0n) is 8.32. The molecule has 0 aliphatic rings. The fourth-order valence-corrected chi connectivity index (χ4v) is 1.87. The van der Waals surface area contributed by atoms with Crippen LogP contribution >= 0.6 is 11.3 Å². The summed E-state index contributed by atoms with van der Waals surface area (Å²) in [6.45, 7) is 0. The number of carbonyl (C=O) groups is 2. The van der Waals surface area contributed by atoms with E-state index in [-0.39, 0.29) is 10.4 Å². The molecule has 0 radical (unpaired) electrons. The van der Waals surface area contributed by atoms with E-state index in [1.807, 2.05) is 0 Å². The molecule has 0 fully saturated rings. The van der Waals surface area contributed by atoms with Gasteiger partial charge in [0.05, 0.1) is 17.5 Å². The molecule has 0 aliphatic heterocycles. The van der Waals surface area contributed by atoms with Gasteiger partial charge in [-0.1, -0.05) is 0 Å². The molecular weight excluding hydrogens is 244 g/mol. The van der Waals surface area contributed by atoms with Crippen LogP contribution in [0.25, 0.3) is 10.7 Å². The Bertz CT molecular complexity index is 576. The molecule has 0 unspecified atom stereocenters. The van der Waals surface area contributed by atoms with E-state index >= 15 is 0 Å². The van der Waals surface area contributed by atoms with Crippen LogP contribution in [0.4, 0.5) is 0 Å². The molecule has 17 heavy (non-hydrogen) atoms. The van der Waals surface area contributed by atoms with Crippen LogP contribution in [0.3, 0.4) is 0 Å². The molecule has 0 atom stereocenters. The minimum Gasteiger partial charge on any atom is -0.478 e. The quantitative estimate of drug-likeness (QED) is 0.858. The number of thiazole rings is 1. The van der Waals surface area contributed by atoms with Gasteiger partial charge in [0.1, 0.15) is 9.88 Å². The van der Waals surface area contributed by atoms with E-state index in [1.54, 1.807) is 0 Å². The molecule has 2 aromatic heterocycles. The summed E-state index contributed by atoms with van der Waals surface area (Å²) in [5.74, 6) is -2.11. The van der Waals surface area contributed by atoms with E-state index in [2.05, 4.69) is 9.97 Å². The fraction of sp³-hybridized carbons (Fsp3) is 0. The highest BCUT2D eigenvalue weighted by molar-refractivity contribution is 7.16. The minimum atomic E-state index is -1.06. The van der Waals surface area contributed by atoms with Crippen LogP contribution in [0.2, 0.25) is 0 Å². The van der Waals surface area contributed by atoms with Crippen LogP contribution in [0, 0.1) is 0 Å². The van der Waals surface area contributed by atoms with E-state index in [0.717, 1.165) is 11.3 Å². The predicted octanol–water partition coefficient (Wildman–Crippen LogP) is 1.60. The summed E-state index contributed by atoms with van der Waals surface area (Å²) in [5, 5.41) is 17.9. The molecule has 6 nitrogen and oxygen atoms in total. The van der Waals surface area contributed by atoms with Crippen molar-refractivity contribution in [1.29, 1.82) is 0 Å². The molecule has 2 N–H and O–H groups in total. The Morgan fingerprint density at radius 2 is 1.82 bits per heavy atom. The minimum absolute atomic E-state index is 0.0729. The average Bonchev–Trinajstić information content (AvgIpc) is 2.78. The maximum absolute atomic E-state index is 10.7. The van der Waals surface area contributed by atoms with E-state index in [1.165, 1.54) is 24.5 Å². The second kappa shape index (κ2) is 4.30. The Balaban J connectivity index is 2.33. The Morgan fingerprint density at radius 1 is 1.06 bits per heavy atom. The Hall–Kier alpha value is -2.28. The lowest BCUT2D eigenvalue weighted by Crippen LogP contribution is -1.96. The van der Waals surface area contributed by atoms with Crippen molar-refractivity contribution in [2.45, 2.75) is 0 Å². The molecule has 2 heterocycles. The second-order valence-corrected chi connectivity index (χ2v) is 4.10. The van der Waals surface area contributed by atoms with Crippen LogP contribution < -0.4 is 0 Å². The first kappa shape index (κ1) is 11.2. The molecule has 2 rings (SSSR count). The molecule has 7 heteroatoms. The third kappa shape index (κ3) is 2.28. The highest BCUT2D eigenvalue weighted by Crippen LogP contribution is 2.23. The molecule has 0 saturated heterocycles. The Labute approximate surface area is 99.2 Å². The second-order valence-electron chi connectivity index (χ2n) is 3.07. The number of carboxylic acid groups (broad SMARTS) is 2. The van der Waals surface area contributed by atoms with Gasteiger partial charge in [0, 0.05) is 6.20 Å². The van der Waals surface area contributed by atoms with Crippen molar-refractivity contribution in [2.75, 3.05) is 0 Å². The zero-order valence-corrected chi connectivity index (χ0v) is 9.14. The monoisotopic (exact) mass is 250 g/mol. The van der Waals surface area contributed by atoms with Gasteiger partial charge in [-0.15, -0.1) is 11.3 Å². The summed E-state index contributed by atoms with van der Waals surface area (Å²) in [6, 6.07) is 2.89. The number of hydrogen-bond acceptors (Lipinski definition) is 5. The molecule has 0 aliphatic carbocycles. The van der Waals surface area contributed by atoms with Gasteiger partial charge < -0.3 is 10.2 Å². The SMILES string of the molecule is O=C(O)c1ccc(-c2ncc(C(=O)O)s2)nc1. The smallest absolute Gasteiger partial charge is 0.347 e. The van der Waals surface area contributed by atoms with E-state index in [9.17, 15) is 9.59 Å². The molecule has 0 amide bonds. The van der Waals surface area contributed by atoms with Gasteiger partial charge in [-0.2, -0.15) is 0 Å². The lowest BCUT2D eigenvalue weighted by atomic mass is 10.2. The van der Waals surface area contributed by atoms with Crippen molar-refractivity contribution in [3.05, 3.63) is 35.0 Å². The van der Waals surface area contributed by atoms with E-state index in [4.69, 9.17) is 10.2 Å². The van der Waals surface area contributed by atoms with Crippen LogP contribution in [-0.4, -0.2) is 32.1 Å². The molecule has 0 saturated carbocycles. The van der Waals surface area contributed by atoms with Gasteiger partial charge in [0.2, 0.25) is 0 Å². The summed E-state index contributed by atoms with van der Waals surface area (Å²) >= 11 is 0.988. The van der Waals surface area contributed by atoms with Gasteiger partial charge in [0.15, 0.2) is 0 Å². The first-order chi connectivity index (χ1) is 8.08. The van der Waals surface area contributed by atoms with Crippen molar-refractivity contribution in [3.63, 3.8) is 0 Å². The number of nitrogens with zero attached hydrogens (tertiary/aromatic N) is 2. The Kier molecular flexibility index (Phi) is 2.84. The van der Waals surface area contributed by atoms with E-state index in [0.29, 0.717) is 10.7 Å². The van der Waals surface area contributed by atoms with Crippen molar-refractivity contribution >= 4 is 23.3 Å². The third-order valence-corrected chi connectivity index (χ3v) is 2.95. The lowest BCUT2D eigenvalue weighted by molar-refractivity contribution is 0.0688. The first-order valence-corrected chi connectivity index (χ1v) is 5.28. The largest absolute Gasteiger partial charge is 0.478 e. The maximum atomic E-state index is 10.7.